The molecule has 0 radical (unpaired) electrons. The molecular formula is C25H17N3O4S. The number of carbonyl (C=O) groups is 1. The molecule has 33 heavy (non-hydrogen) atoms. The SMILES string of the molecule is COc1ccc(-c2ccc(C#N)c(SCC(=O)c3cccc4c([N+](=O)[O-])cccc34)n2)cc1. The van der Waals surface area contributed by atoms with Crippen LogP contribution in [0, 0.1) is 21.4 Å². The van der Waals surface area contributed by atoms with E-state index >= 15 is 0 Å². The Balaban J connectivity index is 1.61. The van der Waals surface area contributed by atoms with Crippen molar-refractivity contribution < 1.29 is 14.5 Å². The van der Waals surface area contributed by atoms with Crippen LogP contribution < -0.4 is 4.74 Å². The number of hydrogen-bond acceptors (Lipinski definition) is 7. The van der Waals surface area contributed by atoms with Crippen molar-refractivity contribution in [3.05, 3.63) is 94.0 Å². The van der Waals surface area contributed by atoms with Gasteiger partial charge < -0.3 is 4.74 Å². The number of rotatable bonds is 7. The van der Waals surface area contributed by atoms with E-state index in [1.54, 1.807) is 49.6 Å². The lowest BCUT2D eigenvalue weighted by molar-refractivity contribution is -0.383. The second kappa shape index (κ2) is 9.51. The summed E-state index contributed by atoms with van der Waals surface area (Å²) in [5, 5.41) is 22.2. The Hall–Kier alpha value is -4.22. The number of methoxy groups -OCH3 is 1. The average molecular weight is 455 g/mol. The normalized spacial score (nSPS) is 10.5. The average Bonchev–Trinajstić information content (AvgIpc) is 2.86. The number of fused-ring (bicyclic) bond motifs is 1. The fourth-order valence-electron chi connectivity index (χ4n) is 3.47. The highest BCUT2D eigenvalue weighted by atomic mass is 32.2. The summed E-state index contributed by atoms with van der Waals surface area (Å²) in [5.41, 5.74) is 2.25. The molecule has 0 bridgehead atoms. The van der Waals surface area contributed by atoms with E-state index in [2.05, 4.69) is 11.1 Å². The largest absolute Gasteiger partial charge is 0.497 e. The highest BCUT2D eigenvalue weighted by Gasteiger charge is 2.17. The van der Waals surface area contributed by atoms with E-state index in [1.807, 2.05) is 24.3 Å². The molecule has 0 saturated carbocycles. The number of pyridine rings is 1. The first-order valence-corrected chi connectivity index (χ1v) is 10.9. The Morgan fingerprint density at radius 3 is 2.48 bits per heavy atom. The molecule has 0 unspecified atom stereocenters. The fourth-order valence-corrected chi connectivity index (χ4v) is 4.32. The highest BCUT2D eigenvalue weighted by Crippen LogP contribution is 2.30. The lowest BCUT2D eigenvalue weighted by atomic mass is 10.0. The van der Waals surface area contributed by atoms with Crippen molar-refractivity contribution in [3.8, 4) is 23.1 Å². The maximum absolute atomic E-state index is 13.0. The predicted molar refractivity (Wildman–Crippen MR) is 127 cm³/mol. The van der Waals surface area contributed by atoms with Crippen molar-refractivity contribution in [2.75, 3.05) is 12.9 Å². The summed E-state index contributed by atoms with van der Waals surface area (Å²) in [6, 6.07) is 22.5. The Morgan fingerprint density at radius 1 is 1.06 bits per heavy atom. The Morgan fingerprint density at radius 2 is 1.79 bits per heavy atom. The van der Waals surface area contributed by atoms with Gasteiger partial charge in [-0.25, -0.2) is 4.98 Å². The van der Waals surface area contributed by atoms with Crippen LogP contribution >= 0.6 is 11.8 Å². The summed E-state index contributed by atoms with van der Waals surface area (Å²) in [6.45, 7) is 0. The molecule has 0 spiro atoms. The molecule has 0 saturated heterocycles. The molecule has 4 rings (SSSR count). The number of Topliss-reactive ketones (excluding diaryl/α,β-unsaturated/α-hetero) is 1. The molecule has 0 aliphatic heterocycles. The lowest BCUT2D eigenvalue weighted by Crippen LogP contribution is -2.05. The van der Waals surface area contributed by atoms with Crippen LogP contribution in [0.5, 0.6) is 5.75 Å². The molecule has 8 heteroatoms. The van der Waals surface area contributed by atoms with Gasteiger partial charge in [-0.1, -0.05) is 36.0 Å². The minimum absolute atomic E-state index is 0.0373. The second-order valence-corrected chi connectivity index (χ2v) is 8.00. The van der Waals surface area contributed by atoms with Crippen LogP contribution in [0.1, 0.15) is 15.9 Å². The maximum Gasteiger partial charge on any atom is 0.277 e. The Labute approximate surface area is 193 Å². The van der Waals surface area contributed by atoms with Gasteiger partial charge in [0.1, 0.15) is 16.8 Å². The summed E-state index contributed by atoms with van der Waals surface area (Å²) >= 11 is 1.17. The molecule has 0 N–H and O–H groups in total. The number of thioether (sulfide) groups is 1. The van der Waals surface area contributed by atoms with Crippen molar-refractivity contribution >= 4 is 34.0 Å². The first-order valence-electron chi connectivity index (χ1n) is 9.89. The Kier molecular flexibility index (Phi) is 6.33. The van der Waals surface area contributed by atoms with E-state index in [0.29, 0.717) is 32.6 Å². The topological polar surface area (TPSA) is 106 Å². The van der Waals surface area contributed by atoms with Crippen LogP contribution in [0.3, 0.4) is 0 Å². The minimum Gasteiger partial charge on any atom is -0.497 e. The number of hydrogen-bond donors (Lipinski definition) is 0. The second-order valence-electron chi connectivity index (χ2n) is 7.04. The molecule has 4 aromatic rings. The highest BCUT2D eigenvalue weighted by molar-refractivity contribution is 8.00. The van der Waals surface area contributed by atoms with Gasteiger partial charge in [0.15, 0.2) is 5.78 Å². The molecule has 0 aliphatic carbocycles. The number of nitro groups is 1. The summed E-state index contributed by atoms with van der Waals surface area (Å²) < 4.78 is 5.18. The van der Waals surface area contributed by atoms with Gasteiger partial charge in [0, 0.05) is 17.2 Å². The van der Waals surface area contributed by atoms with Gasteiger partial charge in [0.25, 0.3) is 5.69 Å². The van der Waals surface area contributed by atoms with E-state index in [1.165, 1.54) is 17.8 Å². The zero-order valence-corrected chi connectivity index (χ0v) is 18.3. The van der Waals surface area contributed by atoms with E-state index in [9.17, 15) is 20.2 Å². The summed E-state index contributed by atoms with van der Waals surface area (Å²) in [7, 11) is 1.59. The lowest BCUT2D eigenvalue weighted by Gasteiger charge is -2.09. The number of aromatic nitrogens is 1. The van der Waals surface area contributed by atoms with Crippen molar-refractivity contribution in [3.63, 3.8) is 0 Å². The van der Waals surface area contributed by atoms with Crippen molar-refractivity contribution in [2.24, 2.45) is 0 Å². The smallest absolute Gasteiger partial charge is 0.277 e. The van der Waals surface area contributed by atoms with Crippen LogP contribution in [0.2, 0.25) is 0 Å². The third kappa shape index (κ3) is 4.54. The number of non-ortho nitro benzene ring substituents is 1. The summed E-state index contributed by atoms with van der Waals surface area (Å²) in [5.74, 6) is 0.560. The molecule has 7 nitrogen and oxygen atoms in total. The fraction of sp³-hybridized carbons (Fsp3) is 0.0800. The quantitative estimate of drug-likeness (QED) is 0.153. The van der Waals surface area contributed by atoms with Gasteiger partial charge in [0.2, 0.25) is 0 Å². The number of ketones is 1. The molecular weight excluding hydrogens is 438 g/mol. The van der Waals surface area contributed by atoms with Crippen LogP contribution in [-0.4, -0.2) is 28.6 Å². The zero-order chi connectivity index (χ0) is 23.4. The molecule has 1 aromatic heterocycles. The number of nitriles is 1. The number of nitro benzene ring substituents is 1. The molecule has 0 amide bonds. The number of benzene rings is 3. The van der Waals surface area contributed by atoms with Gasteiger partial charge in [-0.3, -0.25) is 14.9 Å². The van der Waals surface area contributed by atoms with Crippen LogP contribution in [-0.2, 0) is 0 Å². The third-order valence-electron chi connectivity index (χ3n) is 5.10. The van der Waals surface area contributed by atoms with E-state index in [0.717, 1.165) is 11.3 Å². The van der Waals surface area contributed by atoms with Gasteiger partial charge in [-0.15, -0.1) is 0 Å². The molecule has 1 heterocycles. The molecule has 162 valence electrons. The predicted octanol–water partition coefficient (Wildman–Crippen LogP) is 5.67. The first-order chi connectivity index (χ1) is 16.0. The third-order valence-corrected chi connectivity index (χ3v) is 6.09. The van der Waals surface area contributed by atoms with Crippen molar-refractivity contribution in [1.82, 2.24) is 4.98 Å². The Bertz CT molecular complexity index is 1410. The van der Waals surface area contributed by atoms with E-state index in [-0.39, 0.29) is 17.2 Å². The van der Waals surface area contributed by atoms with Crippen molar-refractivity contribution in [2.45, 2.75) is 5.03 Å². The van der Waals surface area contributed by atoms with Crippen LogP contribution in [0.4, 0.5) is 5.69 Å². The van der Waals surface area contributed by atoms with Gasteiger partial charge in [-0.2, -0.15) is 5.26 Å². The molecule has 3 aromatic carbocycles. The number of nitrogens with zero attached hydrogens (tertiary/aromatic N) is 3. The van der Waals surface area contributed by atoms with E-state index in [4.69, 9.17) is 4.74 Å². The summed E-state index contributed by atoms with van der Waals surface area (Å²) in [6.07, 6.45) is 0. The van der Waals surface area contributed by atoms with Crippen molar-refractivity contribution in [1.29, 1.82) is 5.26 Å². The van der Waals surface area contributed by atoms with Crippen LogP contribution in [0.15, 0.2) is 77.8 Å². The van der Waals surface area contributed by atoms with Gasteiger partial charge >= 0.3 is 0 Å². The van der Waals surface area contributed by atoms with Gasteiger partial charge in [-0.05, 0) is 47.9 Å². The van der Waals surface area contributed by atoms with Crippen LogP contribution in [0.25, 0.3) is 22.0 Å². The molecule has 0 fully saturated rings. The maximum atomic E-state index is 13.0. The monoisotopic (exact) mass is 455 g/mol. The summed E-state index contributed by atoms with van der Waals surface area (Å²) in [4.78, 5) is 28.5. The minimum atomic E-state index is -0.459. The molecule has 0 aliphatic rings. The number of carbonyl (C=O) groups excluding carboxylic acids is 1. The standard InChI is InChI=1S/C25H17N3O4S/c1-32-18-11-8-16(9-12-18)22-13-10-17(14-26)25(27-22)33-15-24(29)21-6-2-5-20-19(21)4-3-7-23(20)28(30)31/h2-13H,15H2,1H3. The van der Waals surface area contributed by atoms with Gasteiger partial charge in [0.05, 0.1) is 34.4 Å². The first kappa shape index (κ1) is 22.0. The van der Waals surface area contributed by atoms with E-state index < -0.39 is 4.92 Å². The number of ether oxygens (including phenoxy) is 1. The zero-order valence-electron chi connectivity index (χ0n) is 17.5. The molecule has 0 atom stereocenters.